The number of nitro groups is 1. The van der Waals surface area contributed by atoms with Crippen LogP contribution in [0.1, 0.15) is 27.8 Å². The van der Waals surface area contributed by atoms with Crippen molar-refractivity contribution in [1.82, 2.24) is 0 Å². The number of nitro benzene ring substituents is 1. The van der Waals surface area contributed by atoms with Gasteiger partial charge in [0.15, 0.2) is 17.2 Å². The lowest BCUT2D eigenvalue weighted by atomic mass is 10.1. The lowest BCUT2D eigenvalue weighted by Gasteiger charge is -2.13. The van der Waals surface area contributed by atoms with Crippen LogP contribution in [0.2, 0.25) is 5.02 Å². The zero-order valence-corrected chi connectivity index (χ0v) is 20.0. The number of rotatable bonds is 7. The first-order chi connectivity index (χ1) is 16.8. The molecule has 3 aromatic rings. The maximum absolute atomic E-state index is 12.5. The van der Waals surface area contributed by atoms with E-state index < -0.39 is 10.9 Å². The third-order valence-electron chi connectivity index (χ3n) is 5.41. The molecule has 0 atom stereocenters. The second-order valence-corrected chi connectivity index (χ2v) is 8.26. The summed E-state index contributed by atoms with van der Waals surface area (Å²) in [6.45, 7) is 3.89. The molecule has 8 nitrogen and oxygen atoms in total. The number of aryl methyl sites for hydroxylation is 1. The van der Waals surface area contributed by atoms with Crippen LogP contribution >= 0.6 is 11.6 Å². The number of halogens is 1. The second kappa shape index (κ2) is 9.99. The Morgan fingerprint density at radius 3 is 2.57 bits per heavy atom. The van der Waals surface area contributed by atoms with Crippen molar-refractivity contribution >= 4 is 35.2 Å². The molecule has 0 radical (unpaired) electrons. The Morgan fingerprint density at radius 1 is 1.14 bits per heavy atom. The summed E-state index contributed by atoms with van der Waals surface area (Å²) in [7, 11) is 1.49. The second-order valence-electron chi connectivity index (χ2n) is 7.85. The fourth-order valence-corrected chi connectivity index (χ4v) is 3.81. The van der Waals surface area contributed by atoms with Gasteiger partial charge in [-0.15, -0.1) is 0 Å². The lowest BCUT2D eigenvalue weighted by molar-refractivity contribution is -0.385. The Labute approximate surface area is 206 Å². The number of esters is 1. The van der Waals surface area contributed by atoms with Crippen LogP contribution in [0.4, 0.5) is 5.69 Å². The summed E-state index contributed by atoms with van der Waals surface area (Å²) in [4.78, 5) is 27.4. The predicted molar refractivity (Wildman–Crippen MR) is 132 cm³/mol. The molecule has 0 N–H and O–H groups in total. The molecule has 0 bridgehead atoms. The molecule has 0 fully saturated rings. The predicted octanol–water partition coefficient (Wildman–Crippen LogP) is 5.80. The summed E-state index contributed by atoms with van der Waals surface area (Å²) in [5, 5.41) is 11.5. The molecule has 0 amide bonds. The number of nitrogens with zero attached hydrogens (tertiary/aromatic N) is 2. The molecule has 0 aliphatic carbocycles. The summed E-state index contributed by atoms with van der Waals surface area (Å²) in [6.07, 6.45) is 1.50. The van der Waals surface area contributed by atoms with Crippen LogP contribution in [0.15, 0.2) is 65.3 Å². The van der Waals surface area contributed by atoms with E-state index in [9.17, 15) is 14.9 Å². The summed E-state index contributed by atoms with van der Waals surface area (Å²) in [6, 6.07) is 15.7. The van der Waals surface area contributed by atoms with Gasteiger partial charge in [0.2, 0.25) is 5.90 Å². The number of hydrogen-bond donors (Lipinski definition) is 0. The molecule has 3 aromatic carbocycles. The highest BCUT2D eigenvalue weighted by molar-refractivity contribution is 6.32. The van der Waals surface area contributed by atoms with E-state index in [2.05, 4.69) is 4.99 Å². The van der Waals surface area contributed by atoms with Gasteiger partial charge < -0.3 is 14.2 Å². The van der Waals surface area contributed by atoms with Gasteiger partial charge in [-0.1, -0.05) is 47.5 Å². The Kier molecular flexibility index (Phi) is 6.84. The van der Waals surface area contributed by atoms with Crippen molar-refractivity contribution in [3.63, 3.8) is 0 Å². The van der Waals surface area contributed by atoms with Crippen molar-refractivity contribution < 1.29 is 23.9 Å². The Morgan fingerprint density at radius 2 is 1.89 bits per heavy atom. The standard InChI is InChI=1S/C26H21ClN2O6/c1-15-7-9-17(10-8-15)14-34-24-20(27)11-18(13-23(24)33-3)12-21-26(30)35-25(28-21)19-5-4-6-22(16(19)2)29(31)32/h4-13H,14H2,1-3H3/b21-12-. The largest absolute Gasteiger partial charge is 0.493 e. The third-order valence-corrected chi connectivity index (χ3v) is 5.69. The molecule has 0 saturated heterocycles. The first kappa shape index (κ1) is 24.0. The lowest BCUT2D eigenvalue weighted by Crippen LogP contribution is -2.08. The van der Waals surface area contributed by atoms with Gasteiger partial charge in [0, 0.05) is 17.2 Å². The minimum absolute atomic E-state index is 0.00133. The normalized spacial score (nSPS) is 14.0. The maximum Gasteiger partial charge on any atom is 0.363 e. The number of ether oxygens (including phenoxy) is 3. The highest BCUT2D eigenvalue weighted by Crippen LogP contribution is 2.38. The van der Waals surface area contributed by atoms with Crippen LogP contribution in [0, 0.1) is 24.0 Å². The number of carbonyl (C=O) groups excluding carboxylic acids is 1. The van der Waals surface area contributed by atoms with Gasteiger partial charge in [-0.2, -0.15) is 0 Å². The van der Waals surface area contributed by atoms with Crippen molar-refractivity contribution in [2.45, 2.75) is 20.5 Å². The quantitative estimate of drug-likeness (QED) is 0.179. The van der Waals surface area contributed by atoms with Gasteiger partial charge >= 0.3 is 5.97 Å². The summed E-state index contributed by atoms with van der Waals surface area (Å²) >= 11 is 6.47. The monoisotopic (exact) mass is 492 g/mol. The van der Waals surface area contributed by atoms with Crippen LogP contribution in [-0.2, 0) is 16.1 Å². The van der Waals surface area contributed by atoms with E-state index in [-0.39, 0.29) is 17.3 Å². The number of aliphatic imine (C=N–C) groups is 1. The molecule has 0 spiro atoms. The fraction of sp³-hybridized carbons (Fsp3) is 0.154. The zero-order chi connectivity index (χ0) is 25.1. The van der Waals surface area contributed by atoms with Crippen molar-refractivity contribution in [2.24, 2.45) is 4.99 Å². The van der Waals surface area contributed by atoms with E-state index in [0.717, 1.165) is 11.1 Å². The van der Waals surface area contributed by atoms with Gasteiger partial charge in [0.05, 0.1) is 17.1 Å². The Hall–Kier alpha value is -4.17. The number of benzene rings is 3. The average Bonchev–Trinajstić information content (AvgIpc) is 3.18. The summed E-state index contributed by atoms with van der Waals surface area (Å²) in [5.74, 6) is 0.0862. The van der Waals surface area contributed by atoms with Crippen LogP contribution in [0.3, 0.4) is 0 Å². The van der Waals surface area contributed by atoms with E-state index >= 15 is 0 Å². The minimum atomic E-state index is -0.680. The first-order valence-electron chi connectivity index (χ1n) is 10.6. The minimum Gasteiger partial charge on any atom is -0.493 e. The van der Waals surface area contributed by atoms with E-state index in [1.807, 2.05) is 31.2 Å². The number of cyclic esters (lactones) is 1. The van der Waals surface area contributed by atoms with Crippen LogP contribution in [-0.4, -0.2) is 23.9 Å². The van der Waals surface area contributed by atoms with Gasteiger partial charge in [-0.25, -0.2) is 9.79 Å². The SMILES string of the molecule is COc1cc(/C=C2\N=C(c3cccc([N+](=O)[O-])c3C)OC2=O)cc(Cl)c1OCc1ccc(C)cc1. The molecule has 0 unspecified atom stereocenters. The molecule has 0 aromatic heterocycles. The highest BCUT2D eigenvalue weighted by Gasteiger charge is 2.27. The van der Waals surface area contributed by atoms with Crippen LogP contribution in [0.25, 0.3) is 6.08 Å². The van der Waals surface area contributed by atoms with E-state index in [1.165, 1.54) is 25.3 Å². The van der Waals surface area contributed by atoms with Crippen molar-refractivity contribution in [2.75, 3.05) is 7.11 Å². The molecular weight excluding hydrogens is 472 g/mol. The molecular formula is C26H21ClN2O6. The van der Waals surface area contributed by atoms with Gasteiger partial charge in [-0.3, -0.25) is 10.1 Å². The van der Waals surface area contributed by atoms with E-state index in [1.54, 1.807) is 25.1 Å². The van der Waals surface area contributed by atoms with Crippen molar-refractivity contribution in [1.29, 1.82) is 0 Å². The topological polar surface area (TPSA) is 100 Å². The highest BCUT2D eigenvalue weighted by atomic mass is 35.5. The molecule has 178 valence electrons. The van der Waals surface area contributed by atoms with E-state index in [4.69, 9.17) is 25.8 Å². The fourth-order valence-electron chi connectivity index (χ4n) is 3.54. The van der Waals surface area contributed by atoms with Crippen LogP contribution in [0.5, 0.6) is 11.5 Å². The Balaban J connectivity index is 1.61. The van der Waals surface area contributed by atoms with Gasteiger partial charge in [-0.05, 0) is 49.2 Å². The first-order valence-corrected chi connectivity index (χ1v) is 11.0. The molecule has 0 saturated carbocycles. The smallest absolute Gasteiger partial charge is 0.363 e. The number of hydrogen-bond acceptors (Lipinski definition) is 7. The van der Waals surface area contributed by atoms with Crippen LogP contribution < -0.4 is 9.47 Å². The maximum atomic E-state index is 12.5. The summed E-state index contributed by atoms with van der Waals surface area (Å²) in [5.41, 5.74) is 3.33. The summed E-state index contributed by atoms with van der Waals surface area (Å²) < 4.78 is 16.6. The molecule has 1 aliphatic heterocycles. The number of methoxy groups -OCH3 is 1. The molecule has 4 rings (SSSR count). The molecule has 1 heterocycles. The molecule has 35 heavy (non-hydrogen) atoms. The molecule has 1 aliphatic rings. The third kappa shape index (κ3) is 5.17. The zero-order valence-electron chi connectivity index (χ0n) is 19.2. The number of carbonyl (C=O) groups is 1. The van der Waals surface area contributed by atoms with Gasteiger partial charge in [0.1, 0.15) is 6.61 Å². The molecule has 9 heteroatoms. The Bertz CT molecular complexity index is 1380. The van der Waals surface area contributed by atoms with E-state index in [0.29, 0.717) is 39.8 Å². The van der Waals surface area contributed by atoms with Crippen molar-refractivity contribution in [3.05, 3.63) is 103 Å². The van der Waals surface area contributed by atoms with Crippen molar-refractivity contribution in [3.8, 4) is 11.5 Å². The van der Waals surface area contributed by atoms with Gasteiger partial charge in [0.25, 0.3) is 5.69 Å². The average molecular weight is 493 g/mol.